The van der Waals surface area contributed by atoms with Crippen molar-refractivity contribution in [3.63, 3.8) is 0 Å². The fraction of sp³-hybridized carbons (Fsp3) is 0.333. The van der Waals surface area contributed by atoms with E-state index in [1.54, 1.807) is 26.0 Å². The molecule has 0 radical (unpaired) electrons. The van der Waals surface area contributed by atoms with E-state index < -0.39 is 11.9 Å². The number of benzene rings is 1. The van der Waals surface area contributed by atoms with E-state index in [1.807, 2.05) is 6.07 Å². The monoisotopic (exact) mass is 362 g/mol. The first kappa shape index (κ1) is 14.4. The van der Waals surface area contributed by atoms with Crippen molar-refractivity contribution in [1.82, 2.24) is 0 Å². The van der Waals surface area contributed by atoms with Crippen molar-refractivity contribution in [3.05, 3.63) is 32.7 Å². The molecule has 1 rings (SSSR count). The van der Waals surface area contributed by atoms with Crippen molar-refractivity contribution in [2.75, 3.05) is 6.61 Å². The number of hydrogen-bond acceptors (Lipinski definition) is 3. The largest absolute Gasteiger partial charge is 0.465 e. The number of ketones is 1. The maximum Gasteiger partial charge on any atom is 0.316 e. The highest BCUT2D eigenvalue weighted by Gasteiger charge is 2.25. The Morgan fingerprint density at radius 2 is 2.00 bits per heavy atom. The molecule has 0 aliphatic heterocycles. The van der Waals surface area contributed by atoms with E-state index >= 15 is 0 Å². The fourth-order valence-electron chi connectivity index (χ4n) is 1.30. The zero-order valence-electron chi connectivity index (χ0n) is 9.50. The molecule has 0 saturated heterocycles. The zero-order chi connectivity index (χ0) is 13.0. The second-order valence-electron chi connectivity index (χ2n) is 3.44. The van der Waals surface area contributed by atoms with Gasteiger partial charge in [0.25, 0.3) is 0 Å². The Bertz CT molecular complexity index is 443. The molecule has 0 fully saturated rings. The fourth-order valence-corrected chi connectivity index (χ4v) is 2.13. The lowest BCUT2D eigenvalue weighted by molar-refractivity contribution is -0.145. The Morgan fingerprint density at radius 3 is 2.59 bits per heavy atom. The molecule has 0 saturated carbocycles. The van der Waals surface area contributed by atoms with Crippen LogP contribution in [0, 0.1) is 5.92 Å². The van der Waals surface area contributed by atoms with Gasteiger partial charge >= 0.3 is 5.97 Å². The Labute approximate surface area is 117 Å². The van der Waals surface area contributed by atoms with Gasteiger partial charge in [-0.3, -0.25) is 9.59 Å². The molecule has 0 bridgehead atoms. The number of Topliss-reactive ketones (excluding diaryl/α,β-unsaturated/α-hetero) is 1. The summed E-state index contributed by atoms with van der Waals surface area (Å²) in [5.74, 6) is -1.54. The summed E-state index contributed by atoms with van der Waals surface area (Å²) in [7, 11) is 0. The van der Waals surface area contributed by atoms with Gasteiger partial charge < -0.3 is 4.74 Å². The molecule has 1 atom stereocenters. The van der Waals surface area contributed by atoms with Gasteiger partial charge in [-0.15, -0.1) is 0 Å². The molecule has 17 heavy (non-hydrogen) atoms. The Kier molecular flexibility index (Phi) is 5.33. The summed E-state index contributed by atoms with van der Waals surface area (Å²) in [5, 5.41) is 0. The first-order valence-electron chi connectivity index (χ1n) is 5.13. The summed E-state index contributed by atoms with van der Waals surface area (Å²) in [6.07, 6.45) is 0. The molecule has 0 spiro atoms. The summed E-state index contributed by atoms with van der Waals surface area (Å²) >= 11 is 6.63. The summed E-state index contributed by atoms with van der Waals surface area (Å²) < 4.78 is 6.26. The average Bonchev–Trinajstić information content (AvgIpc) is 2.31. The van der Waals surface area contributed by atoms with Crippen molar-refractivity contribution in [2.24, 2.45) is 5.92 Å². The molecule has 1 aromatic rings. The summed E-state index contributed by atoms with van der Waals surface area (Å²) in [6.45, 7) is 3.54. The Morgan fingerprint density at radius 1 is 1.35 bits per heavy atom. The SMILES string of the molecule is CCOC(=O)C(C)C(=O)c1cccc(Br)c1Br. The predicted molar refractivity (Wildman–Crippen MR) is 72.0 cm³/mol. The molecular formula is C12H12Br2O3. The van der Waals surface area contributed by atoms with E-state index in [-0.39, 0.29) is 12.4 Å². The van der Waals surface area contributed by atoms with E-state index in [9.17, 15) is 9.59 Å². The lowest BCUT2D eigenvalue weighted by Gasteiger charge is -2.11. The number of carbonyl (C=O) groups excluding carboxylic acids is 2. The summed E-state index contributed by atoms with van der Waals surface area (Å²) in [5.41, 5.74) is 0.472. The van der Waals surface area contributed by atoms with E-state index in [4.69, 9.17) is 4.74 Å². The molecule has 0 aliphatic carbocycles. The lowest BCUT2D eigenvalue weighted by atomic mass is 10.00. The molecular weight excluding hydrogens is 352 g/mol. The van der Waals surface area contributed by atoms with Gasteiger partial charge in [-0.25, -0.2) is 0 Å². The van der Waals surface area contributed by atoms with Gasteiger partial charge in [0.15, 0.2) is 5.78 Å². The van der Waals surface area contributed by atoms with Crippen molar-refractivity contribution >= 4 is 43.6 Å². The van der Waals surface area contributed by atoms with Crippen LogP contribution in [0.15, 0.2) is 27.1 Å². The molecule has 5 heteroatoms. The molecule has 0 aliphatic rings. The van der Waals surface area contributed by atoms with Crippen LogP contribution in [0.4, 0.5) is 0 Å². The predicted octanol–water partition coefficient (Wildman–Crippen LogP) is 3.59. The second-order valence-corrected chi connectivity index (χ2v) is 5.09. The summed E-state index contributed by atoms with van der Waals surface area (Å²) in [4.78, 5) is 23.6. The quantitative estimate of drug-likeness (QED) is 0.466. The normalized spacial score (nSPS) is 12.0. The highest BCUT2D eigenvalue weighted by atomic mass is 79.9. The average molecular weight is 364 g/mol. The van der Waals surface area contributed by atoms with Crippen LogP contribution in [0.2, 0.25) is 0 Å². The first-order chi connectivity index (χ1) is 7.99. The highest BCUT2D eigenvalue weighted by molar-refractivity contribution is 9.13. The highest BCUT2D eigenvalue weighted by Crippen LogP contribution is 2.28. The van der Waals surface area contributed by atoms with E-state index in [0.29, 0.717) is 10.0 Å². The topological polar surface area (TPSA) is 43.4 Å². The Hall–Kier alpha value is -0.680. The van der Waals surface area contributed by atoms with E-state index in [2.05, 4.69) is 31.9 Å². The third-order valence-electron chi connectivity index (χ3n) is 2.25. The number of rotatable bonds is 4. The van der Waals surface area contributed by atoms with Crippen LogP contribution in [0.25, 0.3) is 0 Å². The third kappa shape index (κ3) is 3.39. The maximum atomic E-state index is 12.1. The minimum atomic E-state index is -0.791. The second kappa shape index (κ2) is 6.31. The smallest absolute Gasteiger partial charge is 0.316 e. The number of esters is 1. The van der Waals surface area contributed by atoms with Crippen molar-refractivity contribution < 1.29 is 14.3 Å². The van der Waals surface area contributed by atoms with Gasteiger partial charge in [0.05, 0.1) is 6.61 Å². The minimum Gasteiger partial charge on any atom is -0.465 e. The van der Waals surface area contributed by atoms with Crippen molar-refractivity contribution in [1.29, 1.82) is 0 Å². The molecule has 0 amide bonds. The zero-order valence-corrected chi connectivity index (χ0v) is 12.7. The molecule has 1 unspecified atom stereocenters. The molecule has 3 nitrogen and oxygen atoms in total. The lowest BCUT2D eigenvalue weighted by Crippen LogP contribution is -2.23. The van der Waals surface area contributed by atoms with Crippen LogP contribution in [-0.4, -0.2) is 18.4 Å². The molecule has 92 valence electrons. The van der Waals surface area contributed by atoms with E-state index in [0.717, 1.165) is 4.47 Å². The van der Waals surface area contributed by atoms with Gasteiger partial charge in [0, 0.05) is 14.5 Å². The van der Waals surface area contributed by atoms with Crippen LogP contribution in [0.5, 0.6) is 0 Å². The number of halogens is 2. The molecule has 0 N–H and O–H groups in total. The molecule has 1 aromatic carbocycles. The van der Waals surface area contributed by atoms with Crippen LogP contribution in [-0.2, 0) is 9.53 Å². The van der Waals surface area contributed by atoms with Crippen LogP contribution in [0.1, 0.15) is 24.2 Å². The van der Waals surface area contributed by atoms with Crippen molar-refractivity contribution in [3.8, 4) is 0 Å². The van der Waals surface area contributed by atoms with Gasteiger partial charge in [-0.05, 0) is 51.8 Å². The van der Waals surface area contributed by atoms with Crippen molar-refractivity contribution in [2.45, 2.75) is 13.8 Å². The number of hydrogen-bond donors (Lipinski definition) is 0. The first-order valence-corrected chi connectivity index (χ1v) is 6.72. The Balaban J connectivity index is 2.97. The third-order valence-corrected chi connectivity index (χ3v) is 4.30. The summed E-state index contributed by atoms with van der Waals surface area (Å²) in [6, 6.07) is 5.24. The van der Waals surface area contributed by atoms with Crippen LogP contribution in [0.3, 0.4) is 0 Å². The van der Waals surface area contributed by atoms with Crippen LogP contribution >= 0.6 is 31.9 Å². The van der Waals surface area contributed by atoms with Gasteiger partial charge in [-0.1, -0.05) is 12.1 Å². The van der Waals surface area contributed by atoms with Gasteiger partial charge in [-0.2, -0.15) is 0 Å². The van der Waals surface area contributed by atoms with Gasteiger partial charge in [0.2, 0.25) is 0 Å². The van der Waals surface area contributed by atoms with E-state index in [1.165, 1.54) is 0 Å². The molecule has 0 aromatic heterocycles. The molecule has 0 heterocycles. The van der Waals surface area contributed by atoms with Crippen LogP contribution < -0.4 is 0 Å². The minimum absolute atomic E-state index is 0.253. The van der Waals surface area contributed by atoms with Gasteiger partial charge in [0.1, 0.15) is 5.92 Å². The standard InChI is InChI=1S/C12H12Br2O3/c1-3-17-12(16)7(2)11(15)8-5-4-6-9(13)10(8)14/h4-7H,3H2,1-2H3. The number of ether oxygens (including phenoxy) is 1. The maximum absolute atomic E-state index is 12.1. The number of carbonyl (C=O) groups is 2.